The van der Waals surface area contributed by atoms with Gasteiger partial charge < -0.3 is 5.11 Å². The second-order valence-corrected chi connectivity index (χ2v) is 9.62. The minimum Gasteiger partial charge on any atom is -0.515 e. The molecule has 0 aliphatic heterocycles. The molecule has 4 aliphatic rings. The van der Waals surface area contributed by atoms with E-state index in [0.717, 1.165) is 49.7 Å². The van der Waals surface area contributed by atoms with E-state index in [0.29, 0.717) is 24.2 Å². The Morgan fingerprint density at radius 1 is 1.20 bits per heavy atom. The van der Waals surface area contributed by atoms with E-state index in [1.165, 1.54) is 6.26 Å². The average molecular weight is 339 g/mol. The van der Waals surface area contributed by atoms with Crippen LogP contribution in [0.3, 0.4) is 0 Å². The molecular formula is C22H29NO2. The fourth-order valence-corrected chi connectivity index (χ4v) is 7.06. The summed E-state index contributed by atoms with van der Waals surface area (Å²) in [5.41, 5.74) is 1.90. The van der Waals surface area contributed by atoms with Crippen molar-refractivity contribution in [2.75, 3.05) is 0 Å². The van der Waals surface area contributed by atoms with Crippen molar-refractivity contribution < 1.29 is 9.90 Å². The van der Waals surface area contributed by atoms with Crippen LogP contribution >= 0.6 is 0 Å². The van der Waals surface area contributed by atoms with Crippen LogP contribution in [0.15, 0.2) is 23.5 Å². The third kappa shape index (κ3) is 2.00. The quantitative estimate of drug-likeness (QED) is 0.625. The van der Waals surface area contributed by atoms with E-state index in [1.54, 1.807) is 0 Å². The number of carbonyl (C=O) groups is 1. The molecule has 0 spiro atoms. The van der Waals surface area contributed by atoms with Crippen molar-refractivity contribution in [1.82, 2.24) is 0 Å². The second-order valence-electron chi connectivity index (χ2n) is 9.62. The largest absolute Gasteiger partial charge is 0.515 e. The maximum Gasteiger partial charge on any atom is 0.156 e. The van der Waals surface area contributed by atoms with Gasteiger partial charge in [-0.1, -0.05) is 13.8 Å². The zero-order valence-corrected chi connectivity index (χ0v) is 15.6. The molecule has 134 valence electrons. The number of aliphatic hydroxyl groups excluding tert-OH is 1. The van der Waals surface area contributed by atoms with Gasteiger partial charge in [-0.25, -0.2) is 0 Å². The average Bonchev–Trinajstić information content (AvgIpc) is 2.87. The van der Waals surface area contributed by atoms with Gasteiger partial charge >= 0.3 is 0 Å². The van der Waals surface area contributed by atoms with Crippen molar-refractivity contribution in [3.8, 4) is 6.07 Å². The smallest absolute Gasteiger partial charge is 0.156 e. The Morgan fingerprint density at radius 3 is 2.60 bits per heavy atom. The monoisotopic (exact) mass is 339 g/mol. The van der Waals surface area contributed by atoms with Crippen LogP contribution in [-0.2, 0) is 4.79 Å². The lowest BCUT2D eigenvalue weighted by molar-refractivity contribution is -0.117. The summed E-state index contributed by atoms with van der Waals surface area (Å²) >= 11 is 0. The molecule has 4 rings (SSSR count). The van der Waals surface area contributed by atoms with Crippen LogP contribution in [0.1, 0.15) is 65.7 Å². The minimum atomic E-state index is -0.231. The zero-order valence-electron chi connectivity index (χ0n) is 15.6. The molecule has 3 nitrogen and oxygen atoms in total. The van der Waals surface area contributed by atoms with E-state index in [9.17, 15) is 15.2 Å². The van der Waals surface area contributed by atoms with Crippen molar-refractivity contribution in [2.24, 2.45) is 34.0 Å². The number of carbonyl (C=O) groups excluding carboxylic acids is 1. The highest BCUT2D eigenvalue weighted by atomic mass is 16.2. The number of nitrogens with zero attached hydrogens (tertiary/aromatic N) is 1. The number of aliphatic hydroxyl groups is 1. The minimum absolute atomic E-state index is 0.00163. The molecule has 1 N–H and O–H groups in total. The number of nitriles is 1. The first-order valence-electron chi connectivity index (χ1n) is 9.79. The first-order chi connectivity index (χ1) is 11.8. The lowest BCUT2D eigenvalue weighted by Crippen LogP contribution is -2.52. The molecule has 0 aromatic rings. The second kappa shape index (κ2) is 5.22. The number of ketones is 1. The van der Waals surface area contributed by atoms with Crippen molar-refractivity contribution in [2.45, 2.75) is 65.7 Å². The highest BCUT2D eigenvalue weighted by molar-refractivity contribution is 5.92. The van der Waals surface area contributed by atoms with Gasteiger partial charge in [-0.2, -0.15) is 5.26 Å². The summed E-state index contributed by atoms with van der Waals surface area (Å²) in [6, 6.07) is 2.65. The molecule has 6 atom stereocenters. The Balaban J connectivity index is 1.78. The Bertz CT molecular complexity index is 729. The van der Waals surface area contributed by atoms with E-state index in [1.807, 2.05) is 6.08 Å². The summed E-state index contributed by atoms with van der Waals surface area (Å²) in [6.45, 7) is 6.81. The summed E-state index contributed by atoms with van der Waals surface area (Å²) in [5, 5.41) is 19.8. The Morgan fingerprint density at radius 2 is 1.92 bits per heavy atom. The third-order valence-electron chi connectivity index (χ3n) is 8.88. The van der Waals surface area contributed by atoms with Crippen molar-refractivity contribution in [3.63, 3.8) is 0 Å². The van der Waals surface area contributed by atoms with Gasteiger partial charge in [0, 0.05) is 6.42 Å². The highest BCUT2D eigenvalue weighted by Crippen LogP contribution is 2.70. The van der Waals surface area contributed by atoms with Crippen LogP contribution in [0.25, 0.3) is 0 Å². The Hall–Kier alpha value is -1.56. The molecule has 0 saturated heterocycles. The number of hydrogen-bond acceptors (Lipinski definition) is 3. The maximum absolute atomic E-state index is 12.0. The van der Waals surface area contributed by atoms with Crippen LogP contribution < -0.4 is 0 Å². The third-order valence-corrected chi connectivity index (χ3v) is 8.88. The van der Waals surface area contributed by atoms with Crippen LogP contribution in [-0.4, -0.2) is 10.9 Å². The highest BCUT2D eigenvalue weighted by Gasteiger charge is 2.63. The van der Waals surface area contributed by atoms with Crippen LogP contribution in [0.4, 0.5) is 0 Å². The lowest BCUT2D eigenvalue weighted by Gasteiger charge is -2.59. The van der Waals surface area contributed by atoms with Crippen LogP contribution in [0, 0.1) is 45.3 Å². The summed E-state index contributed by atoms with van der Waals surface area (Å²) in [6.07, 6.45) is 9.80. The van der Waals surface area contributed by atoms with Gasteiger partial charge in [0.25, 0.3) is 0 Å². The van der Waals surface area contributed by atoms with Crippen molar-refractivity contribution in [3.05, 3.63) is 23.5 Å². The molecule has 3 fully saturated rings. The topological polar surface area (TPSA) is 61.1 Å². The summed E-state index contributed by atoms with van der Waals surface area (Å²) in [5.74, 6) is 1.82. The van der Waals surface area contributed by atoms with E-state index in [4.69, 9.17) is 0 Å². The van der Waals surface area contributed by atoms with Gasteiger partial charge in [-0.3, -0.25) is 4.79 Å². The molecule has 0 radical (unpaired) electrons. The van der Waals surface area contributed by atoms with Gasteiger partial charge in [-0.05, 0) is 91.3 Å². The fraction of sp³-hybridized carbons (Fsp3) is 0.727. The van der Waals surface area contributed by atoms with Gasteiger partial charge in [0.15, 0.2) is 5.78 Å². The van der Waals surface area contributed by atoms with E-state index < -0.39 is 0 Å². The summed E-state index contributed by atoms with van der Waals surface area (Å²) in [4.78, 5) is 12.0. The molecule has 0 aromatic carbocycles. The summed E-state index contributed by atoms with van der Waals surface area (Å²) < 4.78 is 0. The molecule has 0 amide bonds. The van der Waals surface area contributed by atoms with Gasteiger partial charge in [0.1, 0.15) is 0 Å². The van der Waals surface area contributed by atoms with Crippen LogP contribution in [0.5, 0.6) is 0 Å². The van der Waals surface area contributed by atoms with E-state index in [-0.39, 0.29) is 22.0 Å². The van der Waals surface area contributed by atoms with Crippen molar-refractivity contribution >= 4 is 5.78 Å². The standard InChI is InChI=1S/C22H29NO2/c1-20(13-23)7-5-18-16-10-14(12-24)19-11-15(25)4-8-21(19,2)17(16)6-9-22(18,20)3/h11-12,16-18,24H,4-10H2,1-3H3/t16-,17-,18+,20?,21-,22+/m1/s1. The molecule has 0 aromatic heterocycles. The number of fused-ring (bicyclic) bond motifs is 5. The number of hydrogen-bond donors (Lipinski definition) is 1. The maximum atomic E-state index is 12.0. The predicted octanol–water partition coefficient (Wildman–Crippen LogP) is 5.10. The first-order valence-corrected chi connectivity index (χ1v) is 9.79. The summed E-state index contributed by atoms with van der Waals surface area (Å²) in [7, 11) is 0. The lowest BCUT2D eigenvalue weighted by atomic mass is 9.45. The number of allylic oxidation sites excluding steroid dienone is 2. The Kier molecular flexibility index (Phi) is 3.53. The van der Waals surface area contributed by atoms with Gasteiger partial charge in [0.2, 0.25) is 0 Å². The molecule has 25 heavy (non-hydrogen) atoms. The van der Waals surface area contributed by atoms with Gasteiger partial charge in [0.05, 0.1) is 17.7 Å². The van der Waals surface area contributed by atoms with Gasteiger partial charge in [-0.15, -0.1) is 0 Å². The molecule has 0 heterocycles. The molecule has 3 heteroatoms. The van der Waals surface area contributed by atoms with E-state index >= 15 is 0 Å². The molecule has 1 unspecified atom stereocenters. The molecule has 4 aliphatic carbocycles. The van der Waals surface area contributed by atoms with Crippen LogP contribution in [0.2, 0.25) is 0 Å². The van der Waals surface area contributed by atoms with Crippen molar-refractivity contribution in [1.29, 1.82) is 5.26 Å². The molecular weight excluding hydrogens is 310 g/mol. The number of rotatable bonds is 0. The molecule has 3 saturated carbocycles. The molecule has 0 bridgehead atoms. The fourth-order valence-electron chi connectivity index (χ4n) is 7.06. The Labute approximate surface area is 150 Å². The van der Waals surface area contributed by atoms with E-state index in [2.05, 4.69) is 26.8 Å². The SMILES string of the molecule is CC1(C#N)CC[C@H]2[C@@H]3CC(=CO)C4=CC(=O)CC[C@]4(C)[C@@H]3CC[C@@]21C. The first kappa shape index (κ1) is 16.9. The zero-order chi connectivity index (χ0) is 18.0. The normalized spacial score (nSPS) is 50.5. The predicted molar refractivity (Wildman–Crippen MR) is 96.5 cm³/mol.